The van der Waals surface area contributed by atoms with Crippen LogP contribution in [0.3, 0.4) is 0 Å². The molecule has 0 radical (unpaired) electrons. The molecule has 1 aliphatic heterocycles. The Morgan fingerprint density at radius 2 is 2.00 bits per heavy atom. The highest BCUT2D eigenvalue weighted by Gasteiger charge is 2.29. The maximum atomic E-state index is 12.8. The Morgan fingerprint density at radius 1 is 1.32 bits per heavy atom. The number of carboxylic acids is 1. The van der Waals surface area contributed by atoms with Gasteiger partial charge in [0.25, 0.3) is 0 Å². The number of para-hydroxylation sites is 1. The summed E-state index contributed by atoms with van der Waals surface area (Å²) in [4.78, 5) is 27.2. The third-order valence-corrected chi connectivity index (χ3v) is 4.20. The Balaban J connectivity index is 2.19. The monoisotopic (exact) mass is 304 g/mol. The van der Waals surface area contributed by atoms with E-state index in [1.807, 2.05) is 43.9 Å². The number of carbonyl (C=O) groups excluding carboxylic acids is 1. The number of fused-ring (bicyclic) bond motifs is 1. The first-order valence-corrected chi connectivity index (χ1v) is 7.76. The molecule has 0 fully saturated rings. The standard InChI is InChI=1S/C17H24N2O3/c1-12(2)18(11-17(21)22)10-16(20)19-13(3)8-9-14-6-4-5-7-15(14)19/h4-7,12-13H,8-11H2,1-3H3,(H,21,22). The van der Waals surface area contributed by atoms with Gasteiger partial charge in [0.1, 0.15) is 0 Å². The maximum absolute atomic E-state index is 12.8. The SMILES string of the molecule is CC(C)N(CC(=O)O)CC(=O)N1c2ccccc2CCC1C. The predicted octanol–water partition coefficient (Wildman–Crippen LogP) is 2.15. The van der Waals surface area contributed by atoms with Gasteiger partial charge in [-0.3, -0.25) is 14.5 Å². The number of benzene rings is 1. The lowest BCUT2D eigenvalue weighted by molar-refractivity contribution is -0.139. The number of carbonyl (C=O) groups is 2. The molecule has 2 rings (SSSR count). The van der Waals surface area contributed by atoms with E-state index < -0.39 is 5.97 Å². The molecule has 1 aliphatic rings. The summed E-state index contributed by atoms with van der Waals surface area (Å²) < 4.78 is 0. The second kappa shape index (κ2) is 6.92. The van der Waals surface area contributed by atoms with Gasteiger partial charge in [0.15, 0.2) is 0 Å². The van der Waals surface area contributed by atoms with Crippen molar-refractivity contribution in [3.05, 3.63) is 29.8 Å². The minimum absolute atomic E-state index is 0.00962. The van der Waals surface area contributed by atoms with E-state index in [0.717, 1.165) is 18.5 Å². The molecule has 0 aliphatic carbocycles. The van der Waals surface area contributed by atoms with Crippen molar-refractivity contribution in [1.82, 2.24) is 4.90 Å². The van der Waals surface area contributed by atoms with Crippen molar-refractivity contribution >= 4 is 17.6 Å². The Bertz CT molecular complexity index is 557. The lowest BCUT2D eigenvalue weighted by Crippen LogP contribution is -2.49. The topological polar surface area (TPSA) is 60.9 Å². The van der Waals surface area contributed by atoms with Gasteiger partial charge in [0.2, 0.25) is 5.91 Å². The van der Waals surface area contributed by atoms with Gasteiger partial charge >= 0.3 is 5.97 Å². The number of anilines is 1. The lowest BCUT2D eigenvalue weighted by atomic mass is 9.96. The average molecular weight is 304 g/mol. The van der Waals surface area contributed by atoms with Crippen LogP contribution in [-0.2, 0) is 16.0 Å². The van der Waals surface area contributed by atoms with Crippen LogP contribution in [0.15, 0.2) is 24.3 Å². The van der Waals surface area contributed by atoms with Crippen LogP contribution in [0, 0.1) is 0 Å². The van der Waals surface area contributed by atoms with Crippen molar-refractivity contribution in [2.45, 2.75) is 45.7 Å². The van der Waals surface area contributed by atoms with Gasteiger partial charge < -0.3 is 10.0 Å². The molecular weight excluding hydrogens is 280 g/mol. The second-order valence-electron chi connectivity index (χ2n) is 6.17. The smallest absolute Gasteiger partial charge is 0.317 e. The summed E-state index contributed by atoms with van der Waals surface area (Å²) in [6.07, 6.45) is 1.91. The molecule has 22 heavy (non-hydrogen) atoms. The molecule has 5 nitrogen and oxygen atoms in total. The van der Waals surface area contributed by atoms with Crippen molar-refractivity contribution in [2.24, 2.45) is 0 Å². The number of aryl methyl sites for hydroxylation is 1. The van der Waals surface area contributed by atoms with E-state index in [1.54, 1.807) is 4.90 Å². The molecule has 1 amide bonds. The highest BCUT2D eigenvalue weighted by molar-refractivity contribution is 5.96. The van der Waals surface area contributed by atoms with Crippen molar-refractivity contribution in [3.8, 4) is 0 Å². The van der Waals surface area contributed by atoms with E-state index >= 15 is 0 Å². The number of carboxylic acid groups (broad SMARTS) is 1. The molecule has 1 aromatic rings. The highest BCUT2D eigenvalue weighted by atomic mass is 16.4. The normalized spacial score (nSPS) is 17.7. The number of hydrogen-bond donors (Lipinski definition) is 1. The van der Waals surface area contributed by atoms with E-state index in [0.29, 0.717) is 0 Å². The van der Waals surface area contributed by atoms with Crippen LogP contribution >= 0.6 is 0 Å². The molecule has 120 valence electrons. The molecule has 1 heterocycles. The van der Waals surface area contributed by atoms with Crippen LogP contribution in [-0.4, -0.2) is 47.1 Å². The zero-order valence-electron chi connectivity index (χ0n) is 13.5. The minimum atomic E-state index is -0.909. The maximum Gasteiger partial charge on any atom is 0.317 e. The van der Waals surface area contributed by atoms with Crippen molar-refractivity contribution in [2.75, 3.05) is 18.0 Å². The third kappa shape index (κ3) is 3.65. The van der Waals surface area contributed by atoms with E-state index in [1.165, 1.54) is 5.56 Å². The summed E-state index contributed by atoms with van der Waals surface area (Å²) in [6.45, 7) is 5.87. The summed E-state index contributed by atoms with van der Waals surface area (Å²) in [6, 6.07) is 8.10. The van der Waals surface area contributed by atoms with Gasteiger partial charge in [-0.1, -0.05) is 18.2 Å². The number of rotatable bonds is 5. The van der Waals surface area contributed by atoms with E-state index in [2.05, 4.69) is 6.07 Å². The number of amides is 1. The van der Waals surface area contributed by atoms with E-state index in [9.17, 15) is 9.59 Å². The van der Waals surface area contributed by atoms with Crippen LogP contribution < -0.4 is 4.90 Å². The molecule has 0 aromatic heterocycles. The Labute approximate surface area is 131 Å². The molecule has 1 aromatic carbocycles. The van der Waals surface area contributed by atoms with Crippen LogP contribution in [0.4, 0.5) is 5.69 Å². The first-order valence-electron chi connectivity index (χ1n) is 7.76. The van der Waals surface area contributed by atoms with Crippen LogP contribution in [0.25, 0.3) is 0 Å². The summed E-state index contributed by atoms with van der Waals surface area (Å²) in [7, 11) is 0. The van der Waals surface area contributed by atoms with Crippen LogP contribution in [0.2, 0.25) is 0 Å². The Hall–Kier alpha value is -1.88. The fourth-order valence-electron chi connectivity index (χ4n) is 2.91. The first-order chi connectivity index (χ1) is 10.4. The van der Waals surface area contributed by atoms with Crippen LogP contribution in [0.5, 0.6) is 0 Å². The summed E-state index contributed by atoms with van der Waals surface area (Å²) in [5.74, 6) is -0.941. The highest BCUT2D eigenvalue weighted by Crippen LogP contribution is 2.30. The second-order valence-corrected chi connectivity index (χ2v) is 6.17. The fourth-order valence-corrected chi connectivity index (χ4v) is 2.91. The minimum Gasteiger partial charge on any atom is -0.480 e. The summed E-state index contributed by atoms with van der Waals surface area (Å²) in [5, 5.41) is 9.00. The largest absolute Gasteiger partial charge is 0.480 e. The quantitative estimate of drug-likeness (QED) is 0.905. The van der Waals surface area contributed by atoms with Gasteiger partial charge in [-0.05, 0) is 45.2 Å². The van der Waals surface area contributed by atoms with Gasteiger partial charge in [0.05, 0.1) is 13.1 Å². The molecule has 1 N–H and O–H groups in total. The molecule has 5 heteroatoms. The zero-order valence-corrected chi connectivity index (χ0v) is 13.5. The summed E-state index contributed by atoms with van der Waals surface area (Å²) in [5.41, 5.74) is 2.15. The number of aliphatic carboxylic acids is 1. The summed E-state index contributed by atoms with van der Waals surface area (Å²) >= 11 is 0. The molecule has 0 spiro atoms. The Kier molecular flexibility index (Phi) is 5.19. The number of nitrogens with zero attached hydrogens (tertiary/aromatic N) is 2. The lowest BCUT2D eigenvalue weighted by Gasteiger charge is -2.37. The van der Waals surface area contributed by atoms with Crippen molar-refractivity contribution in [3.63, 3.8) is 0 Å². The van der Waals surface area contributed by atoms with E-state index in [-0.39, 0.29) is 31.1 Å². The van der Waals surface area contributed by atoms with Gasteiger partial charge in [-0.15, -0.1) is 0 Å². The fraction of sp³-hybridized carbons (Fsp3) is 0.529. The Morgan fingerprint density at radius 3 is 2.64 bits per heavy atom. The first kappa shape index (κ1) is 16.5. The molecule has 0 saturated carbocycles. The van der Waals surface area contributed by atoms with E-state index in [4.69, 9.17) is 5.11 Å². The average Bonchev–Trinajstić information content (AvgIpc) is 2.45. The van der Waals surface area contributed by atoms with Gasteiger partial charge in [-0.25, -0.2) is 0 Å². The molecule has 0 saturated heterocycles. The molecular formula is C17H24N2O3. The zero-order chi connectivity index (χ0) is 16.3. The molecule has 1 atom stereocenters. The van der Waals surface area contributed by atoms with Crippen LogP contribution in [0.1, 0.15) is 32.8 Å². The van der Waals surface area contributed by atoms with Crippen molar-refractivity contribution in [1.29, 1.82) is 0 Å². The molecule has 0 bridgehead atoms. The van der Waals surface area contributed by atoms with Crippen molar-refractivity contribution < 1.29 is 14.7 Å². The van der Waals surface area contributed by atoms with Gasteiger partial charge in [0, 0.05) is 17.8 Å². The van der Waals surface area contributed by atoms with Gasteiger partial charge in [-0.2, -0.15) is 0 Å². The number of hydrogen-bond acceptors (Lipinski definition) is 3. The third-order valence-electron chi connectivity index (χ3n) is 4.20. The predicted molar refractivity (Wildman–Crippen MR) is 86.1 cm³/mol. The molecule has 1 unspecified atom stereocenters.